The average molecular weight is 379 g/mol. The number of carbonyl (C=O) groups excluding carboxylic acids is 3. The van der Waals surface area contributed by atoms with Gasteiger partial charge in [0, 0.05) is 17.3 Å². The van der Waals surface area contributed by atoms with Crippen molar-refractivity contribution in [2.45, 2.75) is 46.6 Å². The van der Waals surface area contributed by atoms with Crippen LogP contribution in [0.1, 0.15) is 72.2 Å². The first-order valence-electron chi connectivity index (χ1n) is 9.25. The second kappa shape index (κ2) is 6.86. The van der Waals surface area contributed by atoms with Crippen LogP contribution in [0.25, 0.3) is 0 Å². The smallest absolute Gasteiger partial charge is 0.284 e. The summed E-state index contributed by atoms with van der Waals surface area (Å²) in [6.45, 7) is 10.3. The number of nitrogens with one attached hydrogen (secondary N) is 1. The SMILES string of the molecule is CC(C)(C)CC(C)(C)NC(=O)c1cccc(N2C(=O)c3cccnc3C2=O)c1. The van der Waals surface area contributed by atoms with Crippen LogP contribution in [0.2, 0.25) is 0 Å². The zero-order valence-electron chi connectivity index (χ0n) is 16.9. The fourth-order valence-corrected chi connectivity index (χ4v) is 3.84. The number of pyridine rings is 1. The fraction of sp³-hybridized carbons (Fsp3) is 0.364. The van der Waals surface area contributed by atoms with E-state index >= 15 is 0 Å². The van der Waals surface area contributed by atoms with Crippen LogP contribution in [0.4, 0.5) is 5.69 Å². The number of benzene rings is 1. The highest BCUT2D eigenvalue weighted by Crippen LogP contribution is 2.29. The van der Waals surface area contributed by atoms with E-state index in [4.69, 9.17) is 0 Å². The van der Waals surface area contributed by atoms with Gasteiger partial charge in [-0.3, -0.25) is 19.4 Å². The number of rotatable bonds is 4. The number of carbonyl (C=O) groups is 3. The molecular weight excluding hydrogens is 354 g/mol. The minimum Gasteiger partial charge on any atom is -0.347 e. The molecule has 6 heteroatoms. The van der Waals surface area contributed by atoms with E-state index in [9.17, 15) is 14.4 Å². The minimum atomic E-state index is -0.480. The zero-order valence-corrected chi connectivity index (χ0v) is 16.9. The summed E-state index contributed by atoms with van der Waals surface area (Å²) in [4.78, 5) is 43.1. The quantitative estimate of drug-likeness (QED) is 0.819. The molecule has 0 saturated carbocycles. The molecule has 1 aromatic heterocycles. The maximum atomic E-state index is 12.8. The Kier molecular flexibility index (Phi) is 4.83. The normalized spacial score (nSPS) is 14.2. The second-order valence-corrected chi connectivity index (χ2v) is 8.97. The summed E-state index contributed by atoms with van der Waals surface area (Å²) < 4.78 is 0. The molecular formula is C22H25N3O3. The molecule has 2 heterocycles. The largest absolute Gasteiger partial charge is 0.347 e. The molecule has 0 radical (unpaired) electrons. The Hall–Kier alpha value is -3.02. The minimum absolute atomic E-state index is 0.0613. The Morgan fingerprint density at radius 1 is 1.04 bits per heavy atom. The maximum Gasteiger partial charge on any atom is 0.284 e. The van der Waals surface area contributed by atoms with Crippen molar-refractivity contribution in [3.8, 4) is 0 Å². The molecule has 1 N–H and O–H groups in total. The van der Waals surface area contributed by atoms with Crippen LogP contribution >= 0.6 is 0 Å². The lowest BCUT2D eigenvalue weighted by molar-refractivity contribution is 0.0884. The first-order valence-corrected chi connectivity index (χ1v) is 9.25. The van der Waals surface area contributed by atoms with E-state index in [-0.39, 0.29) is 22.6 Å². The van der Waals surface area contributed by atoms with Crippen molar-refractivity contribution < 1.29 is 14.4 Å². The van der Waals surface area contributed by atoms with Crippen LogP contribution in [-0.2, 0) is 0 Å². The van der Waals surface area contributed by atoms with Crippen molar-refractivity contribution in [3.63, 3.8) is 0 Å². The van der Waals surface area contributed by atoms with E-state index in [2.05, 4.69) is 31.1 Å². The van der Waals surface area contributed by atoms with Gasteiger partial charge in [-0.15, -0.1) is 0 Å². The molecule has 0 fully saturated rings. The summed E-state index contributed by atoms with van der Waals surface area (Å²) in [5, 5.41) is 3.05. The molecule has 0 atom stereocenters. The number of imide groups is 1. The summed E-state index contributed by atoms with van der Waals surface area (Å²) in [5.74, 6) is -1.16. The summed E-state index contributed by atoms with van der Waals surface area (Å²) in [6.07, 6.45) is 2.28. The molecule has 1 aromatic carbocycles. The zero-order chi connectivity index (χ0) is 20.7. The highest BCUT2D eigenvalue weighted by atomic mass is 16.2. The third-order valence-corrected chi connectivity index (χ3v) is 4.44. The van der Waals surface area contributed by atoms with Gasteiger partial charge < -0.3 is 5.32 Å². The van der Waals surface area contributed by atoms with Crippen molar-refractivity contribution in [1.29, 1.82) is 0 Å². The van der Waals surface area contributed by atoms with Crippen molar-refractivity contribution in [2.75, 3.05) is 4.90 Å². The fourth-order valence-electron chi connectivity index (χ4n) is 3.84. The molecule has 1 aliphatic rings. The van der Waals surface area contributed by atoms with Crippen LogP contribution in [0.3, 0.4) is 0 Å². The number of hydrogen-bond donors (Lipinski definition) is 1. The van der Waals surface area contributed by atoms with Crippen LogP contribution in [-0.4, -0.2) is 28.2 Å². The van der Waals surface area contributed by atoms with Gasteiger partial charge in [-0.05, 0) is 56.0 Å². The third-order valence-electron chi connectivity index (χ3n) is 4.44. The van der Waals surface area contributed by atoms with E-state index in [1.807, 2.05) is 13.8 Å². The Morgan fingerprint density at radius 3 is 2.39 bits per heavy atom. The van der Waals surface area contributed by atoms with Gasteiger partial charge in [0.2, 0.25) is 0 Å². The second-order valence-electron chi connectivity index (χ2n) is 8.97. The standard InChI is InChI=1S/C22H25N3O3/c1-21(2,3)13-22(4,5)24-18(26)14-8-6-9-15(12-14)25-19(27)16-10-7-11-23-17(16)20(25)28/h6-12H,13H2,1-5H3,(H,24,26). The van der Waals surface area contributed by atoms with Crippen LogP contribution in [0.15, 0.2) is 42.6 Å². The first kappa shape index (κ1) is 19.7. The molecule has 2 aromatic rings. The molecule has 146 valence electrons. The highest BCUT2D eigenvalue weighted by Gasteiger charge is 2.38. The van der Waals surface area contributed by atoms with Gasteiger partial charge in [-0.2, -0.15) is 0 Å². The number of amides is 3. The number of aromatic nitrogens is 1. The predicted molar refractivity (Wildman–Crippen MR) is 107 cm³/mol. The first-order chi connectivity index (χ1) is 13.0. The summed E-state index contributed by atoms with van der Waals surface area (Å²) in [7, 11) is 0. The van der Waals surface area contributed by atoms with Gasteiger partial charge in [0.1, 0.15) is 5.69 Å². The van der Waals surface area contributed by atoms with Crippen molar-refractivity contribution in [2.24, 2.45) is 5.41 Å². The molecule has 1 aliphatic heterocycles. The Morgan fingerprint density at radius 2 is 1.75 bits per heavy atom. The van der Waals surface area contributed by atoms with Gasteiger partial charge in [-0.25, -0.2) is 4.90 Å². The van der Waals surface area contributed by atoms with E-state index in [1.54, 1.807) is 36.4 Å². The Balaban J connectivity index is 1.85. The van der Waals surface area contributed by atoms with E-state index in [0.717, 1.165) is 11.3 Å². The number of nitrogens with zero attached hydrogens (tertiary/aromatic N) is 2. The molecule has 28 heavy (non-hydrogen) atoms. The van der Waals surface area contributed by atoms with Crippen LogP contribution < -0.4 is 10.2 Å². The van der Waals surface area contributed by atoms with Crippen molar-refractivity contribution >= 4 is 23.4 Å². The highest BCUT2D eigenvalue weighted by molar-refractivity contribution is 6.33. The van der Waals surface area contributed by atoms with E-state index in [1.165, 1.54) is 6.20 Å². The lowest BCUT2D eigenvalue weighted by Crippen LogP contribution is -2.45. The predicted octanol–water partition coefficient (Wildman–Crippen LogP) is 3.83. The molecule has 0 saturated heterocycles. The van der Waals surface area contributed by atoms with Gasteiger partial charge in [0.05, 0.1) is 11.3 Å². The number of anilines is 1. The van der Waals surface area contributed by atoms with E-state index < -0.39 is 17.4 Å². The molecule has 0 spiro atoms. The molecule has 6 nitrogen and oxygen atoms in total. The summed E-state index contributed by atoms with van der Waals surface area (Å²) >= 11 is 0. The van der Waals surface area contributed by atoms with Gasteiger partial charge in [0.25, 0.3) is 17.7 Å². The number of fused-ring (bicyclic) bond motifs is 1. The van der Waals surface area contributed by atoms with Gasteiger partial charge in [-0.1, -0.05) is 26.8 Å². The molecule has 0 bridgehead atoms. The van der Waals surface area contributed by atoms with Crippen molar-refractivity contribution in [1.82, 2.24) is 10.3 Å². The monoisotopic (exact) mass is 379 g/mol. The molecule has 3 amide bonds. The molecule has 0 unspecified atom stereocenters. The summed E-state index contributed by atoms with van der Waals surface area (Å²) in [5.41, 5.74) is 0.817. The molecule has 0 aliphatic carbocycles. The lowest BCUT2D eigenvalue weighted by atomic mass is 9.81. The topological polar surface area (TPSA) is 79.4 Å². The van der Waals surface area contributed by atoms with Crippen molar-refractivity contribution in [3.05, 3.63) is 59.4 Å². The van der Waals surface area contributed by atoms with E-state index in [0.29, 0.717) is 11.3 Å². The van der Waals surface area contributed by atoms with Crippen LogP contribution in [0, 0.1) is 5.41 Å². The summed E-state index contributed by atoms with van der Waals surface area (Å²) in [6, 6.07) is 9.73. The number of hydrogen-bond acceptors (Lipinski definition) is 4. The lowest BCUT2D eigenvalue weighted by Gasteiger charge is -2.33. The van der Waals surface area contributed by atoms with Crippen LogP contribution in [0.5, 0.6) is 0 Å². The van der Waals surface area contributed by atoms with Gasteiger partial charge in [0.15, 0.2) is 0 Å². The van der Waals surface area contributed by atoms with Gasteiger partial charge >= 0.3 is 0 Å². The maximum absolute atomic E-state index is 12.8. The Labute approximate surface area is 165 Å². The third kappa shape index (κ3) is 3.96. The molecule has 3 rings (SSSR count). The average Bonchev–Trinajstić information content (AvgIpc) is 2.84. The Bertz CT molecular complexity index is 922.